The maximum Gasteiger partial charge on any atom is 0.255 e. The van der Waals surface area contributed by atoms with E-state index < -0.39 is 11.9 Å². The molecule has 2 aromatic rings. The number of carbonyl (C=O) groups excluding carboxylic acids is 4. The quantitative estimate of drug-likeness (QED) is 0.509. The zero-order chi connectivity index (χ0) is 23.9. The lowest BCUT2D eigenvalue weighted by atomic mass is 9.97. The Morgan fingerprint density at radius 1 is 1.12 bits per heavy atom. The van der Waals surface area contributed by atoms with Crippen LogP contribution in [0.2, 0.25) is 0 Å². The minimum absolute atomic E-state index is 0.0555. The highest BCUT2D eigenvalue weighted by atomic mass is 16.2. The molecule has 1 saturated carbocycles. The first-order chi connectivity index (χ1) is 16.3. The first-order valence-corrected chi connectivity index (χ1v) is 11.9. The minimum atomic E-state index is -0.617. The summed E-state index contributed by atoms with van der Waals surface area (Å²) in [4.78, 5) is 50.4. The average molecular weight is 457 g/mol. The molecule has 0 aromatic heterocycles. The van der Waals surface area contributed by atoms with Crippen LogP contribution < -0.4 is 5.32 Å². The van der Waals surface area contributed by atoms with Gasteiger partial charge in [-0.2, -0.15) is 0 Å². The number of benzene rings is 2. The number of ketones is 1. The molecule has 1 unspecified atom stereocenters. The van der Waals surface area contributed by atoms with E-state index in [9.17, 15) is 19.2 Å². The fraction of sp³-hybridized carbons (Fsp3) is 0.357. The summed E-state index contributed by atoms with van der Waals surface area (Å²) in [5.41, 5.74) is 5.16. The van der Waals surface area contributed by atoms with E-state index in [0.717, 1.165) is 16.7 Å². The van der Waals surface area contributed by atoms with Crippen molar-refractivity contribution in [2.24, 2.45) is 0 Å². The van der Waals surface area contributed by atoms with E-state index in [1.807, 2.05) is 18.2 Å². The van der Waals surface area contributed by atoms with Gasteiger partial charge in [0.05, 0.1) is 0 Å². The number of hydrogen-bond donors (Lipinski definition) is 1. The number of piperidine rings is 1. The molecule has 2 heterocycles. The summed E-state index contributed by atoms with van der Waals surface area (Å²) in [7, 11) is 0. The Morgan fingerprint density at radius 2 is 1.88 bits per heavy atom. The molecule has 6 nitrogen and oxygen atoms in total. The van der Waals surface area contributed by atoms with E-state index in [1.54, 1.807) is 17.0 Å². The normalized spacial score (nSPS) is 21.0. The van der Waals surface area contributed by atoms with Crippen molar-refractivity contribution in [3.05, 3.63) is 76.4 Å². The van der Waals surface area contributed by atoms with Crippen LogP contribution in [-0.4, -0.2) is 34.4 Å². The van der Waals surface area contributed by atoms with Crippen LogP contribution in [-0.2, 0) is 32.8 Å². The molecule has 1 saturated heterocycles. The molecular weight excluding hydrogens is 428 g/mol. The minimum Gasteiger partial charge on any atom is -0.322 e. The van der Waals surface area contributed by atoms with Crippen LogP contribution >= 0.6 is 0 Å². The van der Waals surface area contributed by atoms with Crippen LogP contribution in [0.25, 0.3) is 6.08 Å². The fourth-order valence-electron chi connectivity index (χ4n) is 4.80. The summed E-state index contributed by atoms with van der Waals surface area (Å²) >= 11 is 0. The van der Waals surface area contributed by atoms with Gasteiger partial charge in [-0.1, -0.05) is 49.4 Å². The Bertz CT molecular complexity index is 1210. The van der Waals surface area contributed by atoms with Crippen molar-refractivity contribution in [2.45, 2.75) is 63.5 Å². The summed E-state index contributed by atoms with van der Waals surface area (Å²) in [6.07, 6.45) is 7.53. The molecule has 6 heteroatoms. The summed E-state index contributed by atoms with van der Waals surface area (Å²) in [6, 6.07) is 13.4. The average Bonchev–Trinajstić information content (AvgIpc) is 3.50. The fourth-order valence-corrected chi connectivity index (χ4v) is 4.80. The van der Waals surface area contributed by atoms with Crippen LogP contribution in [0.1, 0.15) is 71.6 Å². The van der Waals surface area contributed by atoms with Gasteiger partial charge < -0.3 is 4.90 Å². The number of allylic oxidation sites excluding steroid dienone is 1. The number of carbonyl (C=O) groups is 4. The molecule has 1 N–H and O–H groups in total. The molecule has 0 bridgehead atoms. The Morgan fingerprint density at radius 3 is 2.59 bits per heavy atom. The Balaban J connectivity index is 1.17. The lowest BCUT2D eigenvalue weighted by Crippen LogP contribution is -2.52. The third-order valence-corrected chi connectivity index (χ3v) is 7.32. The molecule has 2 fully saturated rings. The van der Waals surface area contributed by atoms with Crippen LogP contribution in [0.5, 0.6) is 0 Å². The van der Waals surface area contributed by atoms with Crippen LogP contribution in [0.15, 0.2) is 48.5 Å². The topological polar surface area (TPSA) is 83.6 Å². The molecule has 3 amide bonds. The number of amides is 3. The molecule has 3 aliphatic rings. The molecule has 2 aromatic carbocycles. The smallest absolute Gasteiger partial charge is 0.255 e. The predicted octanol–water partition coefficient (Wildman–Crippen LogP) is 3.71. The lowest BCUT2D eigenvalue weighted by Gasteiger charge is -2.29. The van der Waals surface area contributed by atoms with Crippen molar-refractivity contribution >= 4 is 29.6 Å². The van der Waals surface area contributed by atoms with Gasteiger partial charge in [-0.15, -0.1) is 0 Å². The predicted molar refractivity (Wildman–Crippen MR) is 128 cm³/mol. The second-order valence-electron chi connectivity index (χ2n) is 9.87. The number of rotatable bonds is 7. The molecule has 1 atom stereocenters. The lowest BCUT2D eigenvalue weighted by molar-refractivity contribution is -0.137. The first kappa shape index (κ1) is 22.3. The summed E-state index contributed by atoms with van der Waals surface area (Å²) < 4.78 is 0. The van der Waals surface area contributed by atoms with Crippen LogP contribution in [0.4, 0.5) is 0 Å². The highest BCUT2D eigenvalue weighted by Gasteiger charge is 2.39. The molecule has 2 aliphatic heterocycles. The van der Waals surface area contributed by atoms with Gasteiger partial charge in [0.25, 0.3) is 5.91 Å². The van der Waals surface area contributed by atoms with Gasteiger partial charge in [0.15, 0.2) is 5.78 Å². The standard InChI is InChI=1S/C28H28N2O4/c1-28(14-15-28)21-7-2-18(3-8-21)4-9-22(31)10-5-19-6-11-23-20(16-19)17-30(27(23)34)24-12-13-25(32)29-26(24)33/h2-4,6-9,11,16,24H,5,10,12-15,17H2,1H3,(H,29,32,33)/b9-4+. The Hall–Kier alpha value is -3.54. The third-order valence-electron chi connectivity index (χ3n) is 7.32. The van der Waals surface area contributed by atoms with Crippen molar-refractivity contribution in [2.75, 3.05) is 0 Å². The van der Waals surface area contributed by atoms with Crippen molar-refractivity contribution in [1.82, 2.24) is 10.2 Å². The van der Waals surface area contributed by atoms with Gasteiger partial charge >= 0.3 is 0 Å². The van der Waals surface area contributed by atoms with E-state index in [1.165, 1.54) is 18.4 Å². The van der Waals surface area contributed by atoms with Gasteiger partial charge in [0, 0.05) is 24.9 Å². The Labute approximate surface area is 199 Å². The molecule has 1 aliphatic carbocycles. The Kier molecular flexibility index (Phi) is 5.68. The number of nitrogens with zero attached hydrogens (tertiary/aromatic N) is 1. The number of hydrogen-bond acceptors (Lipinski definition) is 4. The zero-order valence-electron chi connectivity index (χ0n) is 19.3. The van der Waals surface area contributed by atoms with E-state index in [-0.39, 0.29) is 24.0 Å². The first-order valence-electron chi connectivity index (χ1n) is 11.9. The molecule has 174 valence electrons. The van der Waals surface area contributed by atoms with Crippen molar-refractivity contribution in [3.63, 3.8) is 0 Å². The molecule has 34 heavy (non-hydrogen) atoms. The number of imide groups is 1. The molecule has 0 radical (unpaired) electrons. The maximum atomic E-state index is 12.8. The van der Waals surface area contributed by atoms with E-state index in [2.05, 4.69) is 36.5 Å². The summed E-state index contributed by atoms with van der Waals surface area (Å²) in [5, 5.41) is 2.32. The second-order valence-corrected chi connectivity index (χ2v) is 9.87. The maximum absolute atomic E-state index is 12.8. The van der Waals surface area contributed by atoms with Gasteiger partial charge in [-0.3, -0.25) is 24.5 Å². The monoisotopic (exact) mass is 456 g/mol. The van der Waals surface area contributed by atoms with Crippen molar-refractivity contribution in [3.8, 4) is 0 Å². The third kappa shape index (κ3) is 4.45. The molecule has 5 rings (SSSR count). The highest BCUT2D eigenvalue weighted by molar-refractivity contribution is 6.05. The van der Waals surface area contributed by atoms with Gasteiger partial charge in [0.2, 0.25) is 11.8 Å². The van der Waals surface area contributed by atoms with Crippen LogP contribution in [0, 0.1) is 0 Å². The largest absolute Gasteiger partial charge is 0.322 e. The highest BCUT2D eigenvalue weighted by Crippen LogP contribution is 2.47. The zero-order valence-corrected chi connectivity index (χ0v) is 19.3. The summed E-state index contributed by atoms with van der Waals surface area (Å²) in [5.74, 6) is -0.834. The number of aryl methyl sites for hydroxylation is 1. The second kappa shape index (κ2) is 8.67. The number of fused-ring (bicyclic) bond motifs is 1. The SMILES string of the molecule is CC1(c2ccc(/C=C/C(=O)CCc3ccc4c(c3)CN(C3CCC(=O)NC3=O)C4=O)cc2)CC1. The van der Waals surface area contributed by atoms with E-state index in [4.69, 9.17) is 0 Å². The van der Waals surface area contributed by atoms with Crippen molar-refractivity contribution in [1.29, 1.82) is 0 Å². The van der Waals surface area contributed by atoms with Crippen molar-refractivity contribution < 1.29 is 19.2 Å². The van der Waals surface area contributed by atoms with Crippen LogP contribution in [0.3, 0.4) is 0 Å². The van der Waals surface area contributed by atoms with Gasteiger partial charge in [-0.25, -0.2) is 0 Å². The van der Waals surface area contributed by atoms with Gasteiger partial charge in [0.1, 0.15) is 6.04 Å². The van der Waals surface area contributed by atoms with E-state index >= 15 is 0 Å². The molecular formula is C28H28N2O4. The summed E-state index contributed by atoms with van der Waals surface area (Å²) in [6.45, 7) is 2.62. The van der Waals surface area contributed by atoms with E-state index in [0.29, 0.717) is 36.8 Å². The van der Waals surface area contributed by atoms with Gasteiger partial charge in [-0.05, 0) is 65.5 Å². The molecule has 0 spiro atoms. The number of nitrogens with one attached hydrogen (secondary N) is 1.